The minimum Gasteiger partial charge on any atom is -0.316 e. The van der Waals surface area contributed by atoms with Crippen LogP contribution < -0.4 is 5.32 Å². The molecule has 1 fully saturated rings. The first-order valence-corrected chi connectivity index (χ1v) is 7.14. The number of hydrogen-bond donors (Lipinski definition) is 1. The lowest BCUT2D eigenvalue weighted by Crippen LogP contribution is -2.31. The topological polar surface area (TPSA) is 12.0 Å². The van der Waals surface area contributed by atoms with Crippen LogP contribution in [0.1, 0.15) is 38.3 Å². The second-order valence-corrected chi connectivity index (χ2v) is 6.36. The van der Waals surface area contributed by atoms with Gasteiger partial charge in [-0.1, -0.05) is 39.0 Å². The van der Waals surface area contributed by atoms with Crippen LogP contribution in [-0.2, 0) is 11.6 Å². The van der Waals surface area contributed by atoms with Crippen LogP contribution in [-0.4, -0.2) is 13.1 Å². The first-order chi connectivity index (χ1) is 9.25. The summed E-state index contributed by atoms with van der Waals surface area (Å²) in [6.07, 6.45) is -3.31. The van der Waals surface area contributed by atoms with Gasteiger partial charge in [-0.3, -0.25) is 0 Å². The van der Waals surface area contributed by atoms with Gasteiger partial charge in [0.05, 0.1) is 5.56 Å². The summed E-state index contributed by atoms with van der Waals surface area (Å²) in [6.45, 7) is 8.01. The average molecular weight is 285 g/mol. The molecule has 1 aliphatic rings. The Kier molecular flexibility index (Phi) is 4.14. The van der Waals surface area contributed by atoms with Crippen molar-refractivity contribution in [2.24, 2.45) is 11.8 Å². The van der Waals surface area contributed by atoms with Gasteiger partial charge < -0.3 is 5.32 Å². The highest BCUT2D eigenvalue weighted by atomic mass is 19.4. The number of halogens is 3. The van der Waals surface area contributed by atoms with Crippen molar-refractivity contribution in [1.29, 1.82) is 0 Å². The Morgan fingerprint density at radius 1 is 1.35 bits per heavy atom. The molecule has 0 radical (unpaired) electrons. The van der Waals surface area contributed by atoms with E-state index >= 15 is 0 Å². The molecule has 112 valence electrons. The van der Waals surface area contributed by atoms with Crippen molar-refractivity contribution in [2.75, 3.05) is 13.1 Å². The van der Waals surface area contributed by atoms with Gasteiger partial charge in [0, 0.05) is 12.0 Å². The Hall–Kier alpha value is -1.03. The van der Waals surface area contributed by atoms with Gasteiger partial charge in [0.2, 0.25) is 0 Å². The molecule has 2 atom stereocenters. The smallest absolute Gasteiger partial charge is 0.316 e. The maximum Gasteiger partial charge on any atom is 0.416 e. The van der Waals surface area contributed by atoms with Crippen LogP contribution in [0.5, 0.6) is 0 Å². The molecular weight excluding hydrogens is 263 g/mol. The van der Waals surface area contributed by atoms with Crippen LogP contribution in [0, 0.1) is 11.8 Å². The van der Waals surface area contributed by atoms with E-state index in [1.807, 2.05) is 6.07 Å². The molecule has 0 heterocycles. The molecule has 20 heavy (non-hydrogen) atoms. The maximum atomic E-state index is 12.8. The Morgan fingerprint density at radius 2 is 2.00 bits per heavy atom. The summed E-state index contributed by atoms with van der Waals surface area (Å²) < 4.78 is 38.4. The third-order valence-corrected chi connectivity index (χ3v) is 4.21. The molecule has 1 N–H and O–H groups in total. The standard InChI is InChI=1S/C16H22F3N/c1-11(2)9-20-10-15(8-12(15)3)13-5-4-6-14(7-13)16(17,18)19/h4-7,11-12,20H,8-10H2,1-3H3. The highest BCUT2D eigenvalue weighted by Crippen LogP contribution is 2.54. The first kappa shape index (κ1) is 15.4. The van der Waals surface area contributed by atoms with Gasteiger partial charge in [0.15, 0.2) is 0 Å². The van der Waals surface area contributed by atoms with Crippen molar-refractivity contribution in [3.63, 3.8) is 0 Å². The number of nitrogens with one attached hydrogen (secondary N) is 1. The minimum atomic E-state index is -4.26. The first-order valence-electron chi connectivity index (χ1n) is 7.14. The maximum absolute atomic E-state index is 12.8. The summed E-state index contributed by atoms with van der Waals surface area (Å²) in [5.74, 6) is 0.980. The number of alkyl halides is 3. The molecule has 0 saturated heterocycles. The summed E-state index contributed by atoms with van der Waals surface area (Å²) in [5.41, 5.74) is 0.157. The van der Waals surface area contributed by atoms with Crippen LogP contribution >= 0.6 is 0 Å². The lowest BCUT2D eigenvalue weighted by atomic mass is 9.91. The van der Waals surface area contributed by atoms with Crippen molar-refractivity contribution >= 4 is 0 Å². The fraction of sp³-hybridized carbons (Fsp3) is 0.625. The third kappa shape index (κ3) is 3.17. The molecule has 0 aromatic heterocycles. The predicted octanol–water partition coefficient (Wildman–Crippen LogP) is 4.23. The van der Waals surface area contributed by atoms with Gasteiger partial charge in [0.1, 0.15) is 0 Å². The van der Waals surface area contributed by atoms with Crippen molar-refractivity contribution < 1.29 is 13.2 Å². The molecule has 1 aliphatic carbocycles. The quantitative estimate of drug-likeness (QED) is 0.853. The number of rotatable bonds is 5. The fourth-order valence-corrected chi connectivity index (χ4v) is 2.83. The zero-order valence-corrected chi connectivity index (χ0v) is 12.2. The van der Waals surface area contributed by atoms with E-state index in [9.17, 15) is 13.2 Å². The van der Waals surface area contributed by atoms with Gasteiger partial charge in [0.25, 0.3) is 0 Å². The van der Waals surface area contributed by atoms with E-state index in [0.29, 0.717) is 11.8 Å². The summed E-state index contributed by atoms with van der Waals surface area (Å²) in [7, 11) is 0. The van der Waals surface area contributed by atoms with E-state index in [4.69, 9.17) is 0 Å². The molecule has 2 rings (SSSR count). The van der Waals surface area contributed by atoms with Crippen molar-refractivity contribution in [3.8, 4) is 0 Å². The van der Waals surface area contributed by atoms with E-state index in [0.717, 1.165) is 31.1 Å². The molecule has 0 amide bonds. The van der Waals surface area contributed by atoms with E-state index in [1.165, 1.54) is 12.1 Å². The summed E-state index contributed by atoms with van der Waals surface area (Å²) in [5, 5.41) is 3.39. The largest absolute Gasteiger partial charge is 0.416 e. The Labute approximate surface area is 118 Å². The van der Waals surface area contributed by atoms with Gasteiger partial charge >= 0.3 is 6.18 Å². The lowest BCUT2D eigenvalue weighted by molar-refractivity contribution is -0.137. The second-order valence-electron chi connectivity index (χ2n) is 6.36. The number of benzene rings is 1. The van der Waals surface area contributed by atoms with Crippen LogP contribution in [0.15, 0.2) is 24.3 Å². The molecule has 1 aromatic rings. The lowest BCUT2D eigenvalue weighted by Gasteiger charge is -2.20. The molecule has 0 aliphatic heterocycles. The predicted molar refractivity (Wildman–Crippen MR) is 74.6 cm³/mol. The molecule has 1 aromatic carbocycles. The minimum absolute atomic E-state index is 0.115. The molecular formula is C16H22F3N. The molecule has 0 spiro atoms. The fourth-order valence-electron chi connectivity index (χ4n) is 2.83. The zero-order valence-electron chi connectivity index (χ0n) is 12.2. The van der Waals surface area contributed by atoms with E-state index in [-0.39, 0.29) is 5.41 Å². The van der Waals surface area contributed by atoms with Crippen LogP contribution in [0.25, 0.3) is 0 Å². The summed E-state index contributed by atoms with van der Waals surface area (Å²) in [4.78, 5) is 0. The molecule has 4 heteroatoms. The third-order valence-electron chi connectivity index (χ3n) is 4.21. The monoisotopic (exact) mass is 285 g/mol. The Bertz CT molecular complexity index is 467. The van der Waals surface area contributed by atoms with Gasteiger partial charge in [-0.2, -0.15) is 13.2 Å². The second kappa shape index (κ2) is 5.40. The normalized spacial score (nSPS) is 26.1. The molecule has 2 unspecified atom stereocenters. The highest BCUT2D eigenvalue weighted by Gasteiger charge is 2.52. The SMILES string of the molecule is CC(C)CNCC1(c2cccc(C(F)(F)F)c2)CC1C. The van der Waals surface area contributed by atoms with Crippen molar-refractivity contribution in [1.82, 2.24) is 5.32 Å². The highest BCUT2D eigenvalue weighted by molar-refractivity contribution is 5.37. The Balaban J connectivity index is 2.16. The van der Waals surface area contributed by atoms with Crippen LogP contribution in [0.3, 0.4) is 0 Å². The van der Waals surface area contributed by atoms with E-state index < -0.39 is 11.7 Å². The van der Waals surface area contributed by atoms with E-state index in [2.05, 4.69) is 26.1 Å². The summed E-state index contributed by atoms with van der Waals surface area (Å²) in [6, 6.07) is 5.82. The van der Waals surface area contributed by atoms with Crippen molar-refractivity contribution in [2.45, 2.75) is 38.8 Å². The zero-order chi connectivity index (χ0) is 15.0. The molecule has 1 nitrogen and oxygen atoms in total. The Morgan fingerprint density at radius 3 is 2.50 bits per heavy atom. The molecule has 1 saturated carbocycles. The average Bonchev–Trinajstić information content (AvgIpc) is 3.00. The van der Waals surface area contributed by atoms with Gasteiger partial charge in [-0.05, 0) is 36.4 Å². The van der Waals surface area contributed by atoms with Gasteiger partial charge in [-0.25, -0.2) is 0 Å². The number of hydrogen-bond acceptors (Lipinski definition) is 1. The summed E-state index contributed by atoms with van der Waals surface area (Å²) >= 11 is 0. The van der Waals surface area contributed by atoms with Crippen LogP contribution in [0.2, 0.25) is 0 Å². The van der Waals surface area contributed by atoms with Crippen molar-refractivity contribution in [3.05, 3.63) is 35.4 Å². The van der Waals surface area contributed by atoms with Crippen LogP contribution in [0.4, 0.5) is 13.2 Å². The van der Waals surface area contributed by atoms with E-state index in [1.54, 1.807) is 0 Å². The van der Waals surface area contributed by atoms with Gasteiger partial charge in [-0.15, -0.1) is 0 Å². The molecule has 0 bridgehead atoms.